The molecule has 0 aliphatic carbocycles. The molecular formula is C16H20N2O. The second-order valence-corrected chi connectivity index (χ2v) is 4.70. The fourth-order valence-corrected chi connectivity index (χ4v) is 2.04. The molecule has 3 heteroatoms. The molecule has 0 spiro atoms. The Hall–Kier alpha value is -1.87. The molecular weight excluding hydrogens is 236 g/mol. The van der Waals surface area contributed by atoms with Crippen LogP contribution in [0.25, 0.3) is 0 Å². The maximum absolute atomic E-state index is 9.48. The summed E-state index contributed by atoms with van der Waals surface area (Å²) in [5.41, 5.74) is 4.14. The van der Waals surface area contributed by atoms with Crippen molar-refractivity contribution >= 4 is 11.4 Å². The molecule has 0 amide bonds. The van der Waals surface area contributed by atoms with E-state index < -0.39 is 6.10 Å². The smallest absolute Gasteiger partial charge is 0.0931 e. The molecule has 1 heterocycles. The highest BCUT2D eigenvalue weighted by atomic mass is 16.3. The van der Waals surface area contributed by atoms with Crippen LogP contribution in [0.3, 0.4) is 0 Å². The number of hydrogen-bond donors (Lipinski definition) is 1. The van der Waals surface area contributed by atoms with Crippen molar-refractivity contribution in [3.8, 4) is 0 Å². The van der Waals surface area contributed by atoms with Crippen molar-refractivity contribution in [3.63, 3.8) is 0 Å². The summed E-state index contributed by atoms with van der Waals surface area (Å²) in [6.07, 6.45) is 1.29. The minimum atomic E-state index is -0.525. The molecule has 1 unspecified atom stereocenters. The normalized spacial score (nSPS) is 12.2. The Morgan fingerprint density at radius 3 is 2.21 bits per heavy atom. The summed E-state index contributed by atoms with van der Waals surface area (Å²) in [5, 5.41) is 9.48. The SMILES string of the molecule is CCN(c1ccc(C)cc1)c1ccc(C(C)O)nc1. The molecule has 0 aliphatic heterocycles. The molecule has 2 aromatic rings. The van der Waals surface area contributed by atoms with Crippen molar-refractivity contribution in [2.75, 3.05) is 11.4 Å². The lowest BCUT2D eigenvalue weighted by molar-refractivity contribution is 0.194. The first-order valence-corrected chi connectivity index (χ1v) is 6.60. The Bertz CT molecular complexity index is 517. The summed E-state index contributed by atoms with van der Waals surface area (Å²) in [5.74, 6) is 0. The molecule has 0 radical (unpaired) electrons. The number of rotatable bonds is 4. The van der Waals surface area contributed by atoms with Crippen LogP contribution in [0.1, 0.15) is 31.2 Å². The van der Waals surface area contributed by atoms with Gasteiger partial charge in [0.1, 0.15) is 0 Å². The van der Waals surface area contributed by atoms with Gasteiger partial charge in [0.2, 0.25) is 0 Å². The zero-order valence-corrected chi connectivity index (χ0v) is 11.7. The predicted molar refractivity (Wildman–Crippen MR) is 78.7 cm³/mol. The average Bonchev–Trinajstić information content (AvgIpc) is 2.42. The average molecular weight is 256 g/mol. The van der Waals surface area contributed by atoms with Crippen LogP contribution in [0, 0.1) is 6.92 Å². The van der Waals surface area contributed by atoms with Crippen molar-refractivity contribution in [2.24, 2.45) is 0 Å². The van der Waals surface area contributed by atoms with Crippen LogP contribution >= 0.6 is 0 Å². The molecule has 19 heavy (non-hydrogen) atoms. The van der Waals surface area contributed by atoms with Crippen LogP contribution < -0.4 is 4.90 Å². The number of nitrogens with zero attached hydrogens (tertiary/aromatic N) is 2. The van der Waals surface area contributed by atoms with Crippen LogP contribution in [0.2, 0.25) is 0 Å². The van der Waals surface area contributed by atoms with Gasteiger partial charge in [-0.2, -0.15) is 0 Å². The number of aliphatic hydroxyl groups is 1. The molecule has 0 bridgehead atoms. The van der Waals surface area contributed by atoms with Gasteiger partial charge in [-0.25, -0.2) is 0 Å². The van der Waals surface area contributed by atoms with Crippen molar-refractivity contribution in [3.05, 3.63) is 53.9 Å². The zero-order valence-electron chi connectivity index (χ0n) is 11.7. The lowest BCUT2D eigenvalue weighted by Gasteiger charge is -2.23. The van der Waals surface area contributed by atoms with Crippen LogP contribution in [0.5, 0.6) is 0 Å². The summed E-state index contributed by atoms with van der Waals surface area (Å²) in [7, 11) is 0. The number of aliphatic hydroxyl groups excluding tert-OH is 1. The Morgan fingerprint density at radius 1 is 1.11 bits per heavy atom. The third-order valence-electron chi connectivity index (χ3n) is 3.17. The van der Waals surface area contributed by atoms with E-state index in [2.05, 4.69) is 48.0 Å². The van der Waals surface area contributed by atoms with E-state index in [1.165, 1.54) is 5.56 Å². The Balaban J connectivity index is 2.28. The molecule has 100 valence electrons. The molecule has 2 rings (SSSR count). The number of benzene rings is 1. The minimum absolute atomic E-state index is 0.525. The maximum Gasteiger partial charge on any atom is 0.0931 e. The van der Waals surface area contributed by atoms with E-state index in [0.29, 0.717) is 5.69 Å². The van der Waals surface area contributed by atoms with Crippen LogP contribution in [0.4, 0.5) is 11.4 Å². The van der Waals surface area contributed by atoms with Crippen LogP contribution in [-0.2, 0) is 0 Å². The van der Waals surface area contributed by atoms with Gasteiger partial charge in [-0.3, -0.25) is 4.98 Å². The van der Waals surface area contributed by atoms with Crippen LogP contribution in [-0.4, -0.2) is 16.6 Å². The number of aryl methyl sites for hydroxylation is 1. The molecule has 0 aliphatic rings. The Kier molecular flexibility index (Phi) is 4.17. The van der Waals surface area contributed by atoms with Gasteiger partial charge in [-0.1, -0.05) is 17.7 Å². The lowest BCUT2D eigenvalue weighted by atomic mass is 10.2. The highest BCUT2D eigenvalue weighted by Gasteiger charge is 2.08. The third-order valence-corrected chi connectivity index (χ3v) is 3.17. The summed E-state index contributed by atoms with van der Waals surface area (Å²) in [6.45, 7) is 6.79. The quantitative estimate of drug-likeness (QED) is 0.908. The monoisotopic (exact) mass is 256 g/mol. The standard InChI is InChI=1S/C16H20N2O/c1-4-18(14-7-5-12(2)6-8-14)15-9-10-16(13(3)19)17-11-15/h5-11,13,19H,4H2,1-3H3. The number of anilines is 2. The van der Waals surface area contributed by atoms with Gasteiger partial charge in [0.15, 0.2) is 0 Å². The maximum atomic E-state index is 9.48. The lowest BCUT2D eigenvalue weighted by Crippen LogP contribution is -2.16. The van der Waals surface area contributed by atoms with Gasteiger partial charge in [0.25, 0.3) is 0 Å². The minimum Gasteiger partial charge on any atom is -0.387 e. The van der Waals surface area contributed by atoms with Gasteiger partial charge in [-0.15, -0.1) is 0 Å². The number of pyridine rings is 1. The Morgan fingerprint density at radius 2 is 1.74 bits per heavy atom. The zero-order chi connectivity index (χ0) is 13.8. The topological polar surface area (TPSA) is 36.4 Å². The van der Waals surface area contributed by atoms with E-state index in [9.17, 15) is 5.11 Å². The molecule has 1 aromatic heterocycles. The van der Waals surface area contributed by atoms with Gasteiger partial charge in [0, 0.05) is 12.2 Å². The van der Waals surface area contributed by atoms with Gasteiger partial charge in [-0.05, 0) is 45.0 Å². The first-order valence-electron chi connectivity index (χ1n) is 6.60. The third kappa shape index (κ3) is 3.12. The summed E-state index contributed by atoms with van der Waals surface area (Å²) >= 11 is 0. The predicted octanol–water partition coefficient (Wildman–Crippen LogP) is 3.60. The first-order chi connectivity index (χ1) is 9.11. The molecule has 1 atom stereocenters. The highest BCUT2D eigenvalue weighted by Crippen LogP contribution is 2.25. The molecule has 0 saturated carbocycles. The molecule has 0 fully saturated rings. The fourth-order valence-electron chi connectivity index (χ4n) is 2.04. The van der Waals surface area contributed by atoms with E-state index in [-0.39, 0.29) is 0 Å². The van der Waals surface area contributed by atoms with Crippen molar-refractivity contribution in [1.29, 1.82) is 0 Å². The fraction of sp³-hybridized carbons (Fsp3) is 0.312. The summed E-state index contributed by atoms with van der Waals surface area (Å²) in [6, 6.07) is 12.3. The highest BCUT2D eigenvalue weighted by molar-refractivity contribution is 5.62. The summed E-state index contributed by atoms with van der Waals surface area (Å²) < 4.78 is 0. The van der Waals surface area contributed by atoms with Crippen molar-refractivity contribution in [1.82, 2.24) is 4.98 Å². The molecule has 0 saturated heterocycles. The molecule has 1 aromatic carbocycles. The van der Waals surface area contributed by atoms with Gasteiger partial charge >= 0.3 is 0 Å². The van der Waals surface area contributed by atoms with E-state index in [1.807, 2.05) is 18.3 Å². The van der Waals surface area contributed by atoms with Gasteiger partial charge in [0.05, 0.1) is 23.7 Å². The summed E-state index contributed by atoms with van der Waals surface area (Å²) in [4.78, 5) is 6.49. The number of hydrogen-bond acceptors (Lipinski definition) is 3. The van der Waals surface area contributed by atoms with E-state index in [1.54, 1.807) is 6.92 Å². The number of aromatic nitrogens is 1. The largest absolute Gasteiger partial charge is 0.387 e. The molecule has 1 N–H and O–H groups in total. The van der Waals surface area contributed by atoms with Crippen molar-refractivity contribution < 1.29 is 5.11 Å². The van der Waals surface area contributed by atoms with Crippen molar-refractivity contribution in [2.45, 2.75) is 26.9 Å². The van der Waals surface area contributed by atoms with E-state index >= 15 is 0 Å². The Labute approximate surface area is 114 Å². The molecule has 3 nitrogen and oxygen atoms in total. The van der Waals surface area contributed by atoms with E-state index in [4.69, 9.17) is 0 Å². The van der Waals surface area contributed by atoms with E-state index in [0.717, 1.165) is 17.9 Å². The first kappa shape index (κ1) is 13.6. The second-order valence-electron chi connectivity index (χ2n) is 4.70. The van der Waals surface area contributed by atoms with Crippen LogP contribution in [0.15, 0.2) is 42.6 Å². The second kappa shape index (κ2) is 5.85. The van der Waals surface area contributed by atoms with Gasteiger partial charge < -0.3 is 10.0 Å².